The number of amides is 3. The fraction of sp³-hybridized carbons (Fsp3) is 0.685. The Hall–Kier alpha value is -6.17. The van der Waals surface area contributed by atoms with Crippen LogP contribution in [0.3, 0.4) is 0 Å². The third-order valence-electron chi connectivity index (χ3n) is 16.6. The number of aromatic amines is 1. The molecule has 3 aromatic rings. The maximum Gasteiger partial charge on any atom is 0.246 e. The number of ketones is 4. The number of carbonyl (C=O) groups is 7. The van der Waals surface area contributed by atoms with Gasteiger partial charge in [0, 0.05) is 99.7 Å². The molecule has 5 atom stereocenters. The highest BCUT2D eigenvalue weighted by atomic mass is 16.6. The zero-order valence-electron chi connectivity index (χ0n) is 58.1. The molecule has 2 unspecified atom stereocenters. The number of rotatable bonds is 54. The molecule has 5 rings (SSSR count). The lowest BCUT2D eigenvalue weighted by molar-refractivity contribution is -0.135. The summed E-state index contributed by atoms with van der Waals surface area (Å²) < 4.78 is 56.8. The monoisotopic (exact) mass is 1340 g/mol. The number of benzene rings is 2. The van der Waals surface area contributed by atoms with Gasteiger partial charge in [0.1, 0.15) is 35.8 Å². The average Bonchev–Trinajstić information content (AvgIpc) is 1.02. The van der Waals surface area contributed by atoms with Crippen LogP contribution in [0.1, 0.15) is 184 Å². The predicted octanol–water partition coefficient (Wildman–Crippen LogP) is 8.76. The van der Waals surface area contributed by atoms with Gasteiger partial charge >= 0.3 is 0 Å². The topological polar surface area (TPSA) is 281 Å². The number of unbranched alkanes of at least 4 members (excludes halogenated alkanes) is 1. The van der Waals surface area contributed by atoms with Crippen LogP contribution >= 0.6 is 0 Å². The first kappa shape index (κ1) is 80.5. The molecule has 534 valence electrons. The number of para-hydroxylation sites is 1. The van der Waals surface area contributed by atoms with Crippen molar-refractivity contribution in [2.24, 2.45) is 23.7 Å². The van der Waals surface area contributed by atoms with Crippen molar-refractivity contribution in [3.05, 3.63) is 76.6 Å². The Balaban J connectivity index is 0.932. The van der Waals surface area contributed by atoms with E-state index in [0.29, 0.717) is 150 Å². The molecule has 2 heterocycles. The highest BCUT2D eigenvalue weighted by molar-refractivity contribution is 5.97. The van der Waals surface area contributed by atoms with Gasteiger partial charge in [-0.25, -0.2) is 0 Å². The lowest BCUT2D eigenvalue weighted by atomic mass is 9.87. The zero-order valence-corrected chi connectivity index (χ0v) is 58.1. The predicted molar refractivity (Wildman–Crippen MR) is 362 cm³/mol. The summed E-state index contributed by atoms with van der Waals surface area (Å²) >= 11 is 0. The summed E-state index contributed by atoms with van der Waals surface area (Å²) in [5.41, 5.74) is 4.91. The van der Waals surface area contributed by atoms with Gasteiger partial charge in [0.15, 0.2) is 5.78 Å². The zero-order chi connectivity index (χ0) is 69.0. The van der Waals surface area contributed by atoms with E-state index in [2.05, 4.69) is 44.8 Å². The number of nitrogens with zero attached hydrogens (tertiary/aromatic N) is 3. The maximum atomic E-state index is 14.0. The van der Waals surface area contributed by atoms with E-state index in [9.17, 15) is 33.6 Å². The van der Waals surface area contributed by atoms with E-state index < -0.39 is 29.9 Å². The van der Waals surface area contributed by atoms with E-state index in [0.717, 1.165) is 66.8 Å². The van der Waals surface area contributed by atoms with E-state index in [-0.39, 0.29) is 111 Å². The Morgan fingerprint density at radius 1 is 0.594 bits per heavy atom. The second kappa shape index (κ2) is 48.5. The summed E-state index contributed by atoms with van der Waals surface area (Å²) in [5, 5.41) is 17.6. The van der Waals surface area contributed by atoms with Crippen LogP contribution in [0.5, 0.6) is 0 Å². The SMILES string of the molecule is CCCOCCOCCOCCOCCOCCC1CCCCC(OCC(=O)NCCCC[C@@H](CC(=O)CCOCCOCCOCCOCCCC(=O)CCC(=O)N2Cc3ccccc3C#Cc3ccccc32)C(=O)N[C@H](C(=O)C[C@@H](C)C(=O)C(C)C)C(C)C)c2n[nH]nc21. The summed E-state index contributed by atoms with van der Waals surface area (Å²) in [7, 11) is 0. The quantitative estimate of drug-likeness (QED) is 0.0352. The molecule has 0 fully saturated rings. The van der Waals surface area contributed by atoms with E-state index >= 15 is 0 Å². The minimum atomic E-state index is -0.835. The molecule has 0 saturated carbocycles. The normalized spacial score (nSPS) is 15.4. The van der Waals surface area contributed by atoms with Gasteiger partial charge in [-0.2, -0.15) is 15.4 Å². The van der Waals surface area contributed by atoms with Crippen LogP contribution in [-0.2, 0) is 87.5 Å². The molecule has 2 aliphatic rings. The van der Waals surface area contributed by atoms with E-state index in [1.165, 1.54) is 0 Å². The first-order valence-electron chi connectivity index (χ1n) is 35.0. The fourth-order valence-electron chi connectivity index (χ4n) is 11.3. The first-order chi connectivity index (χ1) is 46.7. The van der Waals surface area contributed by atoms with E-state index in [1.54, 1.807) is 25.7 Å². The minimum absolute atomic E-state index is 0.0000723. The number of anilines is 1. The molecule has 0 spiro atoms. The minimum Gasteiger partial charge on any atom is -0.379 e. The number of nitrogens with one attached hydrogen (secondary N) is 3. The summed E-state index contributed by atoms with van der Waals surface area (Å²) in [4.78, 5) is 94.8. The molecule has 2 aromatic carbocycles. The third kappa shape index (κ3) is 32.0. The Morgan fingerprint density at radius 3 is 1.81 bits per heavy atom. The third-order valence-corrected chi connectivity index (χ3v) is 16.6. The number of aromatic nitrogens is 3. The summed E-state index contributed by atoms with van der Waals surface area (Å²) in [6, 6.07) is 14.5. The van der Waals surface area contributed by atoms with Crippen molar-refractivity contribution in [1.82, 2.24) is 26.0 Å². The van der Waals surface area contributed by atoms with Crippen molar-refractivity contribution >= 4 is 46.5 Å². The smallest absolute Gasteiger partial charge is 0.246 e. The second-order valence-corrected chi connectivity index (χ2v) is 25.1. The lowest BCUT2D eigenvalue weighted by Gasteiger charge is -2.26. The largest absolute Gasteiger partial charge is 0.379 e. The number of carbonyl (C=O) groups excluding carboxylic acids is 7. The van der Waals surface area contributed by atoms with Gasteiger partial charge < -0.3 is 62.9 Å². The number of hydrogen-bond acceptors (Lipinski definition) is 19. The molecule has 0 saturated heterocycles. The standard InChI is InChI=1S/C73H110N6O17/c1-7-32-87-36-40-91-44-48-95-49-47-93-42-38-89-34-29-59-19-11-13-24-66(71-70(59)76-78-77-71)96-53-67(83)74-31-15-14-20-60(73(86)75-69(54(2)3)65(82)50-56(6)72(85)55(4)5)51-63(81)30-35-90-39-43-94-46-45-92-41-37-88-33-16-22-62(80)27-28-68(84)79-52-61-21-9-8-17-57(61)25-26-58-18-10-12-23-64(58)79/h8-10,12,17-18,21,23,54-56,59-60,66,69H,7,11,13-16,19-20,22,24,27-53H2,1-6H3,(H,74,83)(H,75,86)(H,76,77,78)/t56-,59?,60+,66?,69+/m1/s1. The lowest BCUT2D eigenvalue weighted by Crippen LogP contribution is -2.47. The van der Waals surface area contributed by atoms with Crippen LogP contribution in [0, 0.1) is 35.5 Å². The molecule has 3 amide bonds. The molecular weight excluding hydrogens is 1230 g/mol. The van der Waals surface area contributed by atoms with Crippen LogP contribution in [0.25, 0.3) is 0 Å². The molecule has 1 aliphatic carbocycles. The molecule has 0 radical (unpaired) electrons. The first-order valence-corrected chi connectivity index (χ1v) is 35.0. The van der Waals surface area contributed by atoms with E-state index in [1.807, 2.05) is 62.4 Å². The van der Waals surface area contributed by atoms with Gasteiger partial charge in [0.2, 0.25) is 17.7 Å². The Kier molecular flexibility index (Phi) is 40.7. The molecule has 3 N–H and O–H groups in total. The maximum absolute atomic E-state index is 14.0. The van der Waals surface area contributed by atoms with Gasteiger partial charge in [-0.05, 0) is 74.6 Å². The van der Waals surface area contributed by atoms with Gasteiger partial charge in [0.05, 0.1) is 123 Å². The van der Waals surface area contributed by atoms with Crippen LogP contribution < -0.4 is 15.5 Å². The molecule has 1 aromatic heterocycles. The number of Topliss-reactive ketones (excluding diaryl/α,β-unsaturated/α-hetero) is 4. The van der Waals surface area contributed by atoms with Crippen molar-refractivity contribution in [3.8, 4) is 11.8 Å². The van der Waals surface area contributed by atoms with Gasteiger partial charge in [-0.15, -0.1) is 0 Å². The molecule has 96 heavy (non-hydrogen) atoms. The van der Waals surface area contributed by atoms with Crippen molar-refractivity contribution in [2.75, 3.05) is 137 Å². The number of hydrogen-bond donors (Lipinski definition) is 3. The van der Waals surface area contributed by atoms with Crippen LogP contribution in [0.15, 0.2) is 48.5 Å². The van der Waals surface area contributed by atoms with E-state index in [4.69, 9.17) is 47.4 Å². The van der Waals surface area contributed by atoms with Gasteiger partial charge in [-0.1, -0.05) is 103 Å². The van der Waals surface area contributed by atoms with Crippen LogP contribution in [-0.4, -0.2) is 194 Å². The van der Waals surface area contributed by atoms with Gasteiger partial charge in [0.25, 0.3) is 0 Å². The summed E-state index contributed by atoms with van der Waals surface area (Å²) in [6.45, 7) is 19.4. The Bertz CT molecular complexity index is 2820. The Labute approximate surface area is 569 Å². The highest BCUT2D eigenvalue weighted by Gasteiger charge is 2.32. The fourth-order valence-corrected chi connectivity index (χ4v) is 11.3. The average molecular weight is 1340 g/mol. The van der Waals surface area contributed by atoms with Gasteiger partial charge in [-0.3, -0.25) is 33.6 Å². The number of fused-ring (bicyclic) bond motifs is 3. The van der Waals surface area contributed by atoms with Crippen molar-refractivity contribution in [1.29, 1.82) is 0 Å². The van der Waals surface area contributed by atoms with Crippen molar-refractivity contribution in [2.45, 2.75) is 169 Å². The van der Waals surface area contributed by atoms with Crippen LogP contribution in [0.4, 0.5) is 5.69 Å². The molecule has 23 heteroatoms. The molecular formula is C73H110N6O17. The second-order valence-electron chi connectivity index (χ2n) is 25.1. The molecule has 23 nitrogen and oxygen atoms in total. The molecule has 0 bridgehead atoms. The van der Waals surface area contributed by atoms with Crippen LogP contribution in [0.2, 0.25) is 0 Å². The number of ether oxygens (including phenoxy) is 10. The molecule has 1 aliphatic heterocycles. The van der Waals surface area contributed by atoms with Crippen molar-refractivity contribution in [3.63, 3.8) is 0 Å². The highest BCUT2D eigenvalue weighted by Crippen LogP contribution is 2.36. The van der Waals surface area contributed by atoms with Crippen molar-refractivity contribution < 1.29 is 80.9 Å². The summed E-state index contributed by atoms with van der Waals surface area (Å²) in [6.07, 6.45) is 7.35. The number of H-pyrrole nitrogens is 1. The Morgan fingerprint density at radius 2 is 1.17 bits per heavy atom. The summed E-state index contributed by atoms with van der Waals surface area (Å²) in [5.74, 6) is 3.59.